The topological polar surface area (TPSA) is 45.2 Å². The Kier molecular flexibility index (Phi) is 3.11. The van der Waals surface area contributed by atoms with Crippen LogP contribution in [0.2, 0.25) is 0 Å². The van der Waals surface area contributed by atoms with Gasteiger partial charge in [0.05, 0.1) is 18.3 Å². The van der Waals surface area contributed by atoms with E-state index in [0.717, 1.165) is 16.5 Å². The summed E-state index contributed by atoms with van der Waals surface area (Å²) >= 11 is 0. The Bertz CT molecular complexity index is 575. The Hall–Kier alpha value is -1.32. The van der Waals surface area contributed by atoms with E-state index < -0.39 is 5.60 Å². The van der Waals surface area contributed by atoms with Crippen LogP contribution >= 0.6 is 0 Å². The number of aromatic amines is 1. The Morgan fingerprint density at radius 1 is 1.37 bits per heavy atom. The van der Waals surface area contributed by atoms with Crippen LogP contribution in [-0.2, 0) is 10.3 Å². The molecule has 3 rings (SSSR count). The van der Waals surface area contributed by atoms with Crippen LogP contribution in [0.15, 0.2) is 30.5 Å². The summed E-state index contributed by atoms with van der Waals surface area (Å²) in [5.74, 6) is 0.433. The summed E-state index contributed by atoms with van der Waals surface area (Å²) in [6.07, 6.45) is 3.42. The number of nitrogens with one attached hydrogen (secondary N) is 1. The lowest BCUT2D eigenvalue weighted by molar-refractivity contribution is -0.121. The molecule has 3 heteroatoms. The van der Waals surface area contributed by atoms with Gasteiger partial charge in [0, 0.05) is 24.6 Å². The molecule has 1 aliphatic rings. The molecule has 1 saturated heterocycles. The van der Waals surface area contributed by atoms with Crippen molar-refractivity contribution in [2.24, 2.45) is 5.92 Å². The first-order chi connectivity index (χ1) is 9.08. The summed E-state index contributed by atoms with van der Waals surface area (Å²) in [5, 5.41) is 12.1. The Balaban J connectivity index is 1.94. The first-order valence-electron chi connectivity index (χ1n) is 7.00. The summed E-state index contributed by atoms with van der Waals surface area (Å²) in [6.45, 7) is 4.92. The molecule has 1 aromatic carbocycles. The molecular weight excluding hydrogens is 238 g/mol. The third-order valence-electron chi connectivity index (χ3n) is 4.22. The minimum atomic E-state index is -0.751. The van der Waals surface area contributed by atoms with E-state index in [9.17, 15) is 5.11 Å². The fraction of sp³-hybridized carbons (Fsp3) is 0.500. The molecule has 0 amide bonds. The van der Waals surface area contributed by atoms with Crippen LogP contribution in [0.1, 0.15) is 32.3 Å². The van der Waals surface area contributed by atoms with Gasteiger partial charge in [0.2, 0.25) is 0 Å². The van der Waals surface area contributed by atoms with Crippen LogP contribution in [0.5, 0.6) is 0 Å². The van der Waals surface area contributed by atoms with Crippen molar-refractivity contribution in [3.8, 4) is 0 Å². The van der Waals surface area contributed by atoms with Gasteiger partial charge in [-0.15, -0.1) is 0 Å². The Morgan fingerprint density at radius 2 is 2.21 bits per heavy atom. The minimum Gasteiger partial charge on any atom is -0.385 e. The number of ether oxygens (including phenoxy) is 1. The molecule has 1 aromatic heterocycles. The Labute approximate surface area is 113 Å². The molecule has 3 nitrogen and oxygen atoms in total. The first kappa shape index (κ1) is 12.7. The molecule has 2 heterocycles. The quantitative estimate of drug-likeness (QED) is 0.870. The number of fused-ring (bicyclic) bond motifs is 1. The zero-order valence-electron chi connectivity index (χ0n) is 11.5. The van der Waals surface area contributed by atoms with Crippen molar-refractivity contribution in [2.45, 2.75) is 38.4 Å². The predicted octanol–water partition coefficient (Wildman–Crippen LogP) is 3.19. The van der Waals surface area contributed by atoms with Crippen molar-refractivity contribution in [3.63, 3.8) is 0 Å². The number of hydrogen-bond donors (Lipinski definition) is 2. The molecule has 19 heavy (non-hydrogen) atoms. The van der Waals surface area contributed by atoms with Crippen LogP contribution < -0.4 is 0 Å². The van der Waals surface area contributed by atoms with Crippen LogP contribution in [0.25, 0.3) is 10.9 Å². The van der Waals surface area contributed by atoms with Crippen molar-refractivity contribution >= 4 is 10.9 Å². The van der Waals surface area contributed by atoms with Gasteiger partial charge in [-0.25, -0.2) is 0 Å². The number of rotatable bonds is 2. The highest BCUT2D eigenvalue weighted by atomic mass is 16.5. The highest BCUT2D eigenvalue weighted by molar-refractivity contribution is 5.80. The monoisotopic (exact) mass is 259 g/mol. The lowest BCUT2D eigenvalue weighted by atomic mass is 9.81. The SMILES string of the molecule is CC(C)C1CC(O)(c2ccc3[nH]ccc3c2)CCO1. The van der Waals surface area contributed by atoms with E-state index in [1.807, 2.05) is 24.4 Å². The average Bonchev–Trinajstić information content (AvgIpc) is 2.86. The van der Waals surface area contributed by atoms with Gasteiger partial charge in [-0.3, -0.25) is 0 Å². The molecule has 0 spiro atoms. The van der Waals surface area contributed by atoms with E-state index in [1.54, 1.807) is 0 Å². The maximum absolute atomic E-state index is 11.0. The van der Waals surface area contributed by atoms with Crippen LogP contribution in [0, 0.1) is 5.92 Å². The second-order valence-corrected chi connectivity index (χ2v) is 5.92. The van der Waals surface area contributed by atoms with Gasteiger partial charge in [0.1, 0.15) is 0 Å². The van der Waals surface area contributed by atoms with Gasteiger partial charge < -0.3 is 14.8 Å². The van der Waals surface area contributed by atoms with E-state index in [1.165, 1.54) is 0 Å². The fourth-order valence-corrected chi connectivity index (χ4v) is 2.91. The van der Waals surface area contributed by atoms with Crippen LogP contribution in [-0.4, -0.2) is 22.8 Å². The molecule has 0 bridgehead atoms. The fourth-order valence-electron chi connectivity index (χ4n) is 2.91. The van der Waals surface area contributed by atoms with E-state index in [2.05, 4.69) is 24.9 Å². The van der Waals surface area contributed by atoms with Crippen molar-refractivity contribution in [1.29, 1.82) is 0 Å². The van der Waals surface area contributed by atoms with Crippen molar-refractivity contribution in [1.82, 2.24) is 4.98 Å². The van der Waals surface area contributed by atoms with E-state index in [-0.39, 0.29) is 6.10 Å². The standard InChI is InChI=1S/C16H21NO2/c1-11(2)15-10-16(18,6-8-19-15)13-3-4-14-12(9-13)5-7-17-14/h3-5,7,9,11,15,17-18H,6,8,10H2,1-2H3. The molecule has 2 aromatic rings. The summed E-state index contributed by atoms with van der Waals surface area (Å²) < 4.78 is 5.76. The van der Waals surface area contributed by atoms with Crippen molar-refractivity contribution in [2.75, 3.05) is 6.61 Å². The molecule has 2 N–H and O–H groups in total. The number of hydrogen-bond acceptors (Lipinski definition) is 2. The number of aromatic nitrogens is 1. The molecule has 2 atom stereocenters. The predicted molar refractivity (Wildman–Crippen MR) is 76.0 cm³/mol. The zero-order valence-corrected chi connectivity index (χ0v) is 11.5. The maximum atomic E-state index is 11.0. The van der Waals surface area contributed by atoms with Crippen LogP contribution in [0.4, 0.5) is 0 Å². The number of benzene rings is 1. The number of H-pyrrole nitrogens is 1. The normalized spacial score (nSPS) is 28.1. The molecule has 0 aliphatic carbocycles. The third-order valence-corrected chi connectivity index (χ3v) is 4.22. The molecule has 102 valence electrons. The molecule has 1 fully saturated rings. The van der Waals surface area contributed by atoms with E-state index in [4.69, 9.17) is 4.74 Å². The van der Waals surface area contributed by atoms with Crippen molar-refractivity contribution < 1.29 is 9.84 Å². The molecule has 0 radical (unpaired) electrons. The second kappa shape index (κ2) is 4.66. The van der Waals surface area contributed by atoms with Gasteiger partial charge in [-0.1, -0.05) is 19.9 Å². The minimum absolute atomic E-state index is 0.140. The molecule has 1 aliphatic heterocycles. The molecule has 0 saturated carbocycles. The van der Waals surface area contributed by atoms with E-state index in [0.29, 0.717) is 25.4 Å². The summed E-state index contributed by atoms with van der Waals surface area (Å²) in [4.78, 5) is 3.18. The summed E-state index contributed by atoms with van der Waals surface area (Å²) in [5.41, 5.74) is 1.37. The molecule has 2 unspecified atom stereocenters. The highest BCUT2D eigenvalue weighted by Crippen LogP contribution is 2.37. The molecular formula is C16H21NO2. The van der Waals surface area contributed by atoms with Crippen molar-refractivity contribution in [3.05, 3.63) is 36.0 Å². The lowest BCUT2D eigenvalue weighted by Crippen LogP contribution is -2.40. The summed E-state index contributed by atoms with van der Waals surface area (Å²) in [6, 6.07) is 8.21. The number of aliphatic hydroxyl groups is 1. The van der Waals surface area contributed by atoms with Gasteiger partial charge in [-0.2, -0.15) is 0 Å². The van der Waals surface area contributed by atoms with Gasteiger partial charge in [-0.05, 0) is 35.1 Å². The van der Waals surface area contributed by atoms with Gasteiger partial charge in [0.25, 0.3) is 0 Å². The smallest absolute Gasteiger partial charge is 0.0943 e. The van der Waals surface area contributed by atoms with Gasteiger partial charge >= 0.3 is 0 Å². The highest BCUT2D eigenvalue weighted by Gasteiger charge is 2.37. The Morgan fingerprint density at radius 3 is 3.00 bits per heavy atom. The third kappa shape index (κ3) is 2.28. The van der Waals surface area contributed by atoms with E-state index >= 15 is 0 Å². The zero-order chi connectivity index (χ0) is 13.5. The maximum Gasteiger partial charge on any atom is 0.0943 e. The first-order valence-corrected chi connectivity index (χ1v) is 7.00. The lowest BCUT2D eigenvalue weighted by Gasteiger charge is -2.39. The second-order valence-electron chi connectivity index (χ2n) is 5.92. The summed E-state index contributed by atoms with van der Waals surface area (Å²) in [7, 11) is 0. The largest absolute Gasteiger partial charge is 0.385 e. The average molecular weight is 259 g/mol. The van der Waals surface area contributed by atoms with Crippen LogP contribution in [0.3, 0.4) is 0 Å². The van der Waals surface area contributed by atoms with Gasteiger partial charge in [0.15, 0.2) is 0 Å².